The summed E-state index contributed by atoms with van der Waals surface area (Å²) >= 11 is 0. The molecule has 1 aliphatic heterocycles. The van der Waals surface area contributed by atoms with Gasteiger partial charge in [-0.15, -0.1) is 10.2 Å². The minimum Gasteiger partial charge on any atom is -0.490 e. The average molecular weight is 474 g/mol. The van der Waals surface area contributed by atoms with Crippen LogP contribution in [-0.2, 0) is 14.8 Å². The summed E-state index contributed by atoms with van der Waals surface area (Å²) in [6, 6.07) is 11.3. The predicted molar refractivity (Wildman–Crippen MR) is 117 cm³/mol. The molecule has 1 aliphatic rings. The summed E-state index contributed by atoms with van der Waals surface area (Å²) in [7, 11) is -4.23. The number of ether oxygens (including phenoxy) is 3. The molecule has 33 heavy (non-hydrogen) atoms. The Labute approximate surface area is 191 Å². The lowest BCUT2D eigenvalue weighted by Gasteiger charge is -2.25. The van der Waals surface area contributed by atoms with Crippen LogP contribution in [0, 0.1) is 6.92 Å². The van der Waals surface area contributed by atoms with Gasteiger partial charge in [-0.05, 0) is 51.1 Å². The number of aryl methyl sites for hydroxylation is 1. The Morgan fingerprint density at radius 2 is 1.85 bits per heavy atom. The van der Waals surface area contributed by atoms with Gasteiger partial charge in [0.1, 0.15) is 34.4 Å². The van der Waals surface area contributed by atoms with Crippen LogP contribution in [0.25, 0.3) is 11.5 Å². The quantitative estimate of drug-likeness (QED) is 0.552. The zero-order valence-electron chi connectivity index (χ0n) is 18.6. The number of hydrogen-bond donors (Lipinski definition) is 0. The van der Waals surface area contributed by atoms with Crippen LogP contribution in [0.5, 0.6) is 17.2 Å². The third-order valence-corrected chi connectivity index (χ3v) is 6.26. The summed E-state index contributed by atoms with van der Waals surface area (Å²) in [4.78, 5) is 12.4. The molecule has 0 aliphatic carbocycles. The molecule has 4 rings (SSSR count). The Morgan fingerprint density at radius 1 is 1.09 bits per heavy atom. The lowest BCUT2D eigenvalue weighted by molar-refractivity contribution is 0.0381. The molecule has 3 aromatic rings. The molecule has 0 spiro atoms. The lowest BCUT2D eigenvalue weighted by Crippen LogP contribution is -2.41. The smallest absolute Gasteiger partial charge is 0.424 e. The SMILES string of the molecule is Cc1nnc(-c2cccc(Oc3ccc4c(c3)S(=O)(=O)N(C(=O)OC(C)(C)C)CCO4)c2)o1. The second-order valence-electron chi connectivity index (χ2n) is 8.27. The van der Waals surface area contributed by atoms with Crippen LogP contribution < -0.4 is 9.47 Å². The van der Waals surface area contributed by atoms with Crippen LogP contribution in [0.1, 0.15) is 26.7 Å². The molecule has 174 valence electrons. The van der Waals surface area contributed by atoms with Gasteiger partial charge in [0, 0.05) is 18.6 Å². The van der Waals surface area contributed by atoms with Crippen molar-refractivity contribution in [2.45, 2.75) is 38.2 Å². The highest BCUT2D eigenvalue weighted by molar-refractivity contribution is 7.89. The third kappa shape index (κ3) is 4.92. The van der Waals surface area contributed by atoms with E-state index in [9.17, 15) is 13.2 Å². The van der Waals surface area contributed by atoms with Crippen LogP contribution in [0.2, 0.25) is 0 Å². The number of aromatic nitrogens is 2. The maximum absolute atomic E-state index is 13.3. The molecule has 2 heterocycles. The molecule has 11 heteroatoms. The highest BCUT2D eigenvalue weighted by Gasteiger charge is 2.37. The number of amides is 1. The molecule has 1 aromatic heterocycles. The van der Waals surface area contributed by atoms with Gasteiger partial charge in [0.25, 0.3) is 10.0 Å². The minimum atomic E-state index is -4.23. The van der Waals surface area contributed by atoms with E-state index in [4.69, 9.17) is 18.6 Å². The molecule has 1 amide bonds. The number of carbonyl (C=O) groups is 1. The number of rotatable bonds is 3. The van der Waals surface area contributed by atoms with Gasteiger partial charge in [0.2, 0.25) is 11.8 Å². The van der Waals surface area contributed by atoms with Crippen LogP contribution >= 0.6 is 0 Å². The molecule has 0 bridgehead atoms. The van der Waals surface area contributed by atoms with E-state index in [-0.39, 0.29) is 29.5 Å². The Hall–Kier alpha value is -3.60. The van der Waals surface area contributed by atoms with Crippen molar-refractivity contribution in [2.24, 2.45) is 0 Å². The Bertz CT molecular complexity index is 1300. The number of nitrogens with zero attached hydrogens (tertiary/aromatic N) is 3. The Morgan fingerprint density at radius 3 is 2.55 bits per heavy atom. The fourth-order valence-electron chi connectivity index (χ4n) is 3.09. The molecule has 0 saturated heterocycles. The summed E-state index contributed by atoms with van der Waals surface area (Å²) in [5.74, 6) is 1.57. The normalized spacial score (nSPS) is 15.2. The number of fused-ring (bicyclic) bond motifs is 1. The molecule has 2 aromatic carbocycles. The van der Waals surface area contributed by atoms with Crippen molar-refractivity contribution in [2.75, 3.05) is 13.2 Å². The topological polar surface area (TPSA) is 121 Å². The molecule has 0 radical (unpaired) electrons. The van der Waals surface area contributed by atoms with Gasteiger partial charge in [-0.2, -0.15) is 4.31 Å². The van der Waals surface area contributed by atoms with E-state index in [0.29, 0.717) is 27.4 Å². The first-order valence-corrected chi connectivity index (χ1v) is 11.6. The van der Waals surface area contributed by atoms with Crippen molar-refractivity contribution in [1.82, 2.24) is 14.5 Å². The molecular weight excluding hydrogens is 450 g/mol. The van der Waals surface area contributed by atoms with Gasteiger partial charge in [0.15, 0.2) is 0 Å². The molecule has 0 N–H and O–H groups in total. The molecular formula is C22H23N3O7S. The lowest BCUT2D eigenvalue weighted by atomic mass is 10.2. The summed E-state index contributed by atoms with van der Waals surface area (Å²) in [6.07, 6.45) is -0.965. The number of sulfonamides is 1. The Balaban J connectivity index is 1.64. The largest absolute Gasteiger partial charge is 0.490 e. The van der Waals surface area contributed by atoms with Gasteiger partial charge >= 0.3 is 6.09 Å². The van der Waals surface area contributed by atoms with Gasteiger partial charge < -0.3 is 18.6 Å². The predicted octanol–water partition coefficient (Wildman–Crippen LogP) is 4.16. The first kappa shape index (κ1) is 22.6. The van der Waals surface area contributed by atoms with Crippen molar-refractivity contribution < 1.29 is 31.8 Å². The summed E-state index contributed by atoms with van der Waals surface area (Å²) in [6.45, 7) is 6.50. The third-order valence-electron chi connectivity index (χ3n) is 4.48. The van der Waals surface area contributed by atoms with Gasteiger partial charge in [0.05, 0.1) is 6.54 Å². The highest BCUT2D eigenvalue weighted by atomic mass is 32.2. The second-order valence-corrected chi connectivity index (χ2v) is 10.1. The molecule has 0 saturated carbocycles. The van der Waals surface area contributed by atoms with Crippen molar-refractivity contribution >= 4 is 16.1 Å². The van der Waals surface area contributed by atoms with E-state index >= 15 is 0 Å². The molecule has 0 unspecified atom stereocenters. The molecule has 10 nitrogen and oxygen atoms in total. The van der Waals surface area contributed by atoms with Crippen molar-refractivity contribution in [1.29, 1.82) is 0 Å². The number of carbonyl (C=O) groups excluding carboxylic acids is 1. The van der Waals surface area contributed by atoms with Crippen molar-refractivity contribution in [3.8, 4) is 28.7 Å². The molecule has 0 atom stereocenters. The van der Waals surface area contributed by atoms with Gasteiger partial charge in [-0.25, -0.2) is 13.2 Å². The van der Waals surface area contributed by atoms with E-state index in [0.717, 1.165) is 0 Å². The maximum Gasteiger partial charge on any atom is 0.424 e. The first-order chi connectivity index (χ1) is 15.5. The van der Waals surface area contributed by atoms with Gasteiger partial charge in [-0.3, -0.25) is 0 Å². The van der Waals surface area contributed by atoms with E-state index in [2.05, 4.69) is 10.2 Å². The Kier molecular flexibility index (Phi) is 5.75. The van der Waals surface area contributed by atoms with Crippen molar-refractivity contribution in [3.63, 3.8) is 0 Å². The fourth-order valence-corrected chi connectivity index (χ4v) is 4.53. The zero-order chi connectivity index (χ0) is 23.8. The van der Waals surface area contributed by atoms with Crippen LogP contribution in [0.4, 0.5) is 4.79 Å². The van der Waals surface area contributed by atoms with Crippen LogP contribution in [0.15, 0.2) is 51.8 Å². The van der Waals surface area contributed by atoms with E-state index < -0.39 is 21.7 Å². The highest BCUT2D eigenvalue weighted by Crippen LogP contribution is 2.35. The van der Waals surface area contributed by atoms with Crippen LogP contribution in [-0.4, -0.2) is 47.8 Å². The van der Waals surface area contributed by atoms with E-state index in [1.807, 2.05) is 0 Å². The summed E-state index contributed by atoms with van der Waals surface area (Å²) < 4.78 is 49.3. The standard InChI is InChI=1S/C22H23N3O7S/c1-14-23-24-20(30-14)15-6-5-7-16(12-15)31-17-8-9-18-19(13-17)33(27,28)25(10-11-29-18)21(26)32-22(2,3)4/h5-9,12-13H,10-11H2,1-4H3. The van der Waals surface area contributed by atoms with Crippen molar-refractivity contribution in [3.05, 3.63) is 48.4 Å². The van der Waals surface area contributed by atoms with E-state index in [1.54, 1.807) is 58.0 Å². The van der Waals surface area contributed by atoms with E-state index in [1.165, 1.54) is 12.1 Å². The zero-order valence-corrected chi connectivity index (χ0v) is 19.4. The van der Waals surface area contributed by atoms with Crippen LogP contribution in [0.3, 0.4) is 0 Å². The minimum absolute atomic E-state index is 0.00266. The monoisotopic (exact) mass is 473 g/mol. The van der Waals surface area contributed by atoms with Gasteiger partial charge in [-0.1, -0.05) is 6.07 Å². The maximum atomic E-state index is 13.3. The average Bonchev–Trinajstić information content (AvgIpc) is 3.11. The number of benzene rings is 2. The molecule has 0 fully saturated rings. The fraction of sp³-hybridized carbons (Fsp3) is 0.318. The second kappa shape index (κ2) is 8.39. The first-order valence-electron chi connectivity index (χ1n) is 10.1. The summed E-state index contributed by atoms with van der Waals surface area (Å²) in [5, 5.41) is 7.80. The number of hydrogen-bond acceptors (Lipinski definition) is 9. The summed E-state index contributed by atoms with van der Waals surface area (Å²) in [5.41, 5.74) is -0.204.